The maximum absolute atomic E-state index is 12.8. The van der Waals surface area contributed by atoms with E-state index in [9.17, 15) is 4.79 Å². The molecular weight excluding hydrogens is 330 g/mol. The first kappa shape index (κ1) is 17.5. The number of piperazine rings is 1. The van der Waals surface area contributed by atoms with E-state index in [1.54, 1.807) is 7.11 Å². The maximum Gasteiger partial charge on any atom is 0.228 e. The minimum Gasteiger partial charge on any atom is -0.481 e. The Morgan fingerprint density at radius 2 is 1.81 bits per heavy atom. The van der Waals surface area contributed by atoms with Gasteiger partial charge in [0.25, 0.3) is 0 Å². The van der Waals surface area contributed by atoms with Gasteiger partial charge in [-0.25, -0.2) is 9.97 Å². The van der Waals surface area contributed by atoms with Crippen LogP contribution in [0.5, 0.6) is 5.88 Å². The largest absolute Gasteiger partial charge is 0.481 e. The van der Waals surface area contributed by atoms with Crippen LogP contribution in [0.1, 0.15) is 32.1 Å². The molecule has 7 nitrogen and oxygen atoms in total. The number of hydrogen-bond acceptors (Lipinski definition) is 6. The molecule has 1 aliphatic carbocycles. The number of carbonyl (C=O) groups excluding carboxylic acids is 1. The molecule has 142 valence electrons. The number of methoxy groups -OCH3 is 1. The summed E-state index contributed by atoms with van der Waals surface area (Å²) in [6.45, 7) is 5.09. The van der Waals surface area contributed by atoms with Crippen LogP contribution in [0.15, 0.2) is 12.4 Å². The summed E-state index contributed by atoms with van der Waals surface area (Å²) in [5, 5.41) is 0. The highest BCUT2D eigenvalue weighted by molar-refractivity contribution is 5.80. The van der Waals surface area contributed by atoms with Crippen molar-refractivity contribution in [3.63, 3.8) is 0 Å². The number of nitrogens with zero attached hydrogens (tertiary/aromatic N) is 5. The second-order valence-corrected chi connectivity index (χ2v) is 7.67. The Bertz CT molecular complexity index is 620. The Balaban J connectivity index is 1.25. The van der Waals surface area contributed by atoms with Gasteiger partial charge in [0, 0.05) is 51.4 Å². The first-order valence-electron chi connectivity index (χ1n) is 9.88. The van der Waals surface area contributed by atoms with Gasteiger partial charge in [0.05, 0.1) is 13.0 Å². The van der Waals surface area contributed by atoms with Crippen molar-refractivity contribution < 1.29 is 9.53 Å². The standard InChI is InChI=1S/C19H29N5O2/c1-26-18-11-17(20-14-21-18)22-7-9-23(10-8-22)19(25)15-12-24(13-15)16-5-3-2-4-6-16/h11,14-16H,2-10,12-13H2,1H3. The lowest BCUT2D eigenvalue weighted by molar-refractivity contribution is -0.142. The minimum absolute atomic E-state index is 0.211. The molecule has 0 aromatic carbocycles. The lowest BCUT2D eigenvalue weighted by atomic mass is 9.88. The number of ether oxygens (including phenoxy) is 1. The van der Waals surface area contributed by atoms with Gasteiger partial charge in [-0.1, -0.05) is 19.3 Å². The lowest BCUT2D eigenvalue weighted by Crippen LogP contribution is -2.60. The summed E-state index contributed by atoms with van der Waals surface area (Å²) in [5.74, 6) is 2.00. The number of rotatable bonds is 4. The Hall–Kier alpha value is -1.89. The molecule has 3 aliphatic rings. The molecule has 0 bridgehead atoms. The molecule has 7 heteroatoms. The highest BCUT2D eigenvalue weighted by Gasteiger charge is 2.39. The summed E-state index contributed by atoms with van der Waals surface area (Å²) in [6, 6.07) is 2.59. The molecule has 4 rings (SSSR count). The van der Waals surface area contributed by atoms with Crippen molar-refractivity contribution in [3.8, 4) is 5.88 Å². The molecule has 0 atom stereocenters. The molecule has 0 unspecified atom stereocenters. The maximum atomic E-state index is 12.8. The van der Waals surface area contributed by atoms with Gasteiger partial charge in [0.1, 0.15) is 12.1 Å². The summed E-state index contributed by atoms with van der Waals surface area (Å²) in [5.41, 5.74) is 0. The van der Waals surface area contributed by atoms with Crippen LogP contribution in [0.4, 0.5) is 5.82 Å². The first-order chi connectivity index (χ1) is 12.7. The molecular formula is C19H29N5O2. The molecule has 2 aliphatic heterocycles. The van der Waals surface area contributed by atoms with Crippen molar-refractivity contribution in [1.29, 1.82) is 0 Å². The number of anilines is 1. The quantitative estimate of drug-likeness (QED) is 0.810. The summed E-state index contributed by atoms with van der Waals surface area (Å²) in [4.78, 5) is 27.9. The molecule has 1 amide bonds. The van der Waals surface area contributed by atoms with Crippen molar-refractivity contribution in [3.05, 3.63) is 12.4 Å². The predicted molar refractivity (Wildman–Crippen MR) is 99.3 cm³/mol. The van der Waals surface area contributed by atoms with Crippen molar-refractivity contribution >= 4 is 11.7 Å². The van der Waals surface area contributed by atoms with Crippen LogP contribution in [-0.2, 0) is 4.79 Å². The molecule has 0 spiro atoms. The Morgan fingerprint density at radius 3 is 2.50 bits per heavy atom. The highest BCUT2D eigenvalue weighted by Crippen LogP contribution is 2.29. The summed E-state index contributed by atoms with van der Waals surface area (Å²) in [7, 11) is 1.61. The zero-order chi connectivity index (χ0) is 17.9. The van der Waals surface area contributed by atoms with Crippen LogP contribution < -0.4 is 9.64 Å². The van der Waals surface area contributed by atoms with Crippen LogP contribution >= 0.6 is 0 Å². The van der Waals surface area contributed by atoms with Crippen molar-refractivity contribution in [2.24, 2.45) is 5.92 Å². The molecule has 3 fully saturated rings. The number of aromatic nitrogens is 2. The van der Waals surface area contributed by atoms with Gasteiger partial charge in [-0.3, -0.25) is 9.69 Å². The average molecular weight is 359 g/mol. The molecule has 0 N–H and O–H groups in total. The molecule has 1 aromatic heterocycles. The molecule has 2 saturated heterocycles. The third-order valence-corrected chi connectivity index (χ3v) is 6.10. The minimum atomic E-state index is 0.211. The third kappa shape index (κ3) is 3.63. The number of likely N-dealkylation sites (tertiary alicyclic amines) is 1. The molecule has 3 heterocycles. The van der Waals surface area contributed by atoms with Crippen LogP contribution in [0.3, 0.4) is 0 Å². The molecule has 1 saturated carbocycles. The third-order valence-electron chi connectivity index (χ3n) is 6.10. The van der Waals surface area contributed by atoms with E-state index < -0.39 is 0 Å². The van der Waals surface area contributed by atoms with Crippen LogP contribution in [0.2, 0.25) is 0 Å². The fourth-order valence-electron chi connectivity index (χ4n) is 4.44. The van der Waals surface area contributed by atoms with Gasteiger partial charge in [0.15, 0.2) is 0 Å². The van der Waals surface area contributed by atoms with Gasteiger partial charge in [-0.2, -0.15) is 0 Å². The van der Waals surface area contributed by atoms with E-state index in [1.165, 1.54) is 38.4 Å². The number of carbonyl (C=O) groups is 1. The first-order valence-corrected chi connectivity index (χ1v) is 9.88. The van der Waals surface area contributed by atoms with Crippen LogP contribution in [-0.4, -0.2) is 78.1 Å². The van der Waals surface area contributed by atoms with Gasteiger partial charge in [-0.05, 0) is 12.8 Å². The van der Waals surface area contributed by atoms with Crippen LogP contribution in [0, 0.1) is 5.92 Å². The van der Waals surface area contributed by atoms with E-state index in [-0.39, 0.29) is 5.92 Å². The second kappa shape index (κ2) is 7.78. The van der Waals surface area contributed by atoms with E-state index in [4.69, 9.17) is 4.74 Å². The van der Waals surface area contributed by atoms with Crippen molar-refractivity contribution in [2.75, 3.05) is 51.3 Å². The average Bonchev–Trinajstić information content (AvgIpc) is 2.68. The fraction of sp³-hybridized carbons (Fsp3) is 0.737. The molecule has 1 aromatic rings. The fourth-order valence-corrected chi connectivity index (χ4v) is 4.44. The smallest absolute Gasteiger partial charge is 0.228 e. The van der Waals surface area contributed by atoms with Gasteiger partial charge in [0.2, 0.25) is 11.8 Å². The zero-order valence-electron chi connectivity index (χ0n) is 15.6. The summed E-state index contributed by atoms with van der Waals surface area (Å²) < 4.78 is 5.17. The van der Waals surface area contributed by atoms with E-state index in [0.29, 0.717) is 11.8 Å². The second-order valence-electron chi connectivity index (χ2n) is 7.67. The van der Waals surface area contributed by atoms with E-state index >= 15 is 0 Å². The predicted octanol–water partition coefficient (Wildman–Crippen LogP) is 1.40. The SMILES string of the molecule is COc1cc(N2CCN(C(=O)C3CN(C4CCCCC4)C3)CC2)ncn1. The lowest BCUT2D eigenvalue weighted by Gasteiger charge is -2.47. The van der Waals surface area contributed by atoms with Gasteiger partial charge < -0.3 is 14.5 Å². The number of amides is 1. The van der Waals surface area contributed by atoms with E-state index in [1.807, 2.05) is 11.0 Å². The molecule has 0 radical (unpaired) electrons. The summed E-state index contributed by atoms with van der Waals surface area (Å²) >= 11 is 0. The highest BCUT2D eigenvalue weighted by atomic mass is 16.5. The Kier molecular flexibility index (Phi) is 5.24. The van der Waals surface area contributed by atoms with Crippen LogP contribution in [0.25, 0.3) is 0 Å². The van der Waals surface area contributed by atoms with Crippen molar-refractivity contribution in [1.82, 2.24) is 19.8 Å². The number of hydrogen-bond donors (Lipinski definition) is 0. The summed E-state index contributed by atoms with van der Waals surface area (Å²) in [6.07, 6.45) is 8.27. The molecule has 26 heavy (non-hydrogen) atoms. The topological polar surface area (TPSA) is 61.8 Å². The Labute approximate surface area is 155 Å². The van der Waals surface area contributed by atoms with Gasteiger partial charge in [-0.15, -0.1) is 0 Å². The normalized spacial score (nSPS) is 23.0. The van der Waals surface area contributed by atoms with Gasteiger partial charge >= 0.3 is 0 Å². The Morgan fingerprint density at radius 1 is 1.08 bits per heavy atom. The zero-order valence-corrected chi connectivity index (χ0v) is 15.6. The van der Waals surface area contributed by atoms with E-state index in [0.717, 1.165) is 51.1 Å². The van der Waals surface area contributed by atoms with Crippen molar-refractivity contribution in [2.45, 2.75) is 38.1 Å². The monoisotopic (exact) mass is 359 g/mol. The van der Waals surface area contributed by atoms with E-state index in [2.05, 4.69) is 19.8 Å².